The number of aliphatic hydroxyl groups is 1. The first-order chi connectivity index (χ1) is 11.4. The highest BCUT2D eigenvalue weighted by molar-refractivity contribution is 5.72. The number of nitrogens with zero attached hydrogens (tertiary/aromatic N) is 2. The number of nitro benzene ring substituents is 1. The van der Waals surface area contributed by atoms with Gasteiger partial charge in [0, 0.05) is 30.7 Å². The number of hydrogen-bond donors (Lipinski definition) is 1. The molecule has 0 amide bonds. The topological polar surface area (TPSA) is 125 Å². The first-order valence-electron chi connectivity index (χ1n) is 6.94. The van der Waals surface area contributed by atoms with E-state index in [9.17, 15) is 20.0 Å². The zero-order valence-corrected chi connectivity index (χ0v) is 13.1. The second kappa shape index (κ2) is 7.66. The van der Waals surface area contributed by atoms with Gasteiger partial charge in [-0.3, -0.25) is 14.9 Å². The molecule has 1 N–H and O–H groups in total. The zero-order valence-electron chi connectivity index (χ0n) is 13.1. The fourth-order valence-electron chi connectivity index (χ4n) is 2.05. The summed E-state index contributed by atoms with van der Waals surface area (Å²) in [5.74, 6) is -0.319. The van der Waals surface area contributed by atoms with Gasteiger partial charge in [-0.2, -0.15) is 0 Å². The van der Waals surface area contributed by atoms with Crippen molar-refractivity contribution in [1.82, 2.24) is 4.98 Å². The number of nitro groups is 1. The molecule has 1 aromatic heterocycles. The number of rotatable bonds is 7. The van der Waals surface area contributed by atoms with Crippen molar-refractivity contribution in [2.75, 3.05) is 14.2 Å². The molecule has 0 radical (unpaired) electrons. The van der Waals surface area contributed by atoms with Crippen LogP contribution in [0.4, 0.5) is 5.69 Å². The average Bonchev–Trinajstić information content (AvgIpc) is 3.03. The summed E-state index contributed by atoms with van der Waals surface area (Å²) >= 11 is 0. The van der Waals surface area contributed by atoms with Crippen LogP contribution in [0.25, 0.3) is 11.5 Å². The Hall–Kier alpha value is -2.78. The van der Waals surface area contributed by atoms with Crippen LogP contribution in [0.1, 0.15) is 11.3 Å². The number of benzene rings is 1. The highest BCUT2D eigenvalue weighted by atomic mass is 16.6. The SMILES string of the molecule is COC(=O)Cc1coc(-c2ccc(CC(O)OC)c([N+](=O)[O-])c2)n1. The van der Waals surface area contributed by atoms with Crippen LogP contribution in [-0.2, 0) is 27.1 Å². The van der Waals surface area contributed by atoms with Crippen molar-refractivity contribution in [2.45, 2.75) is 19.1 Å². The monoisotopic (exact) mass is 336 g/mol. The Morgan fingerprint density at radius 2 is 2.21 bits per heavy atom. The predicted molar refractivity (Wildman–Crippen MR) is 81.0 cm³/mol. The quantitative estimate of drug-likeness (QED) is 0.349. The van der Waals surface area contributed by atoms with Crippen molar-refractivity contribution in [3.63, 3.8) is 0 Å². The maximum absolute atomic E-state index is 11.2. The Labute approximate surface area is 137 Å². The molecule has 0 aliphatic rings. The molecule has 1 aromatic carbocycles. The lowest BCUT2D eigenvalue weighted by Gasteiger charge is -2.09. The Morgan fingerprint density at radius 1 is 1.46 bits per heavy atom. The summed E-state index contributed by atoms with van der Waals surface area (Å²) < 4.78 is 14.5. The van der Waals surface area contributed by atoms with Gasteiger partial charge in [0.25, 0.3) is 5.69 Å². The first kappa shape index (κ1) is 17.6. The van der Waals surface area contributed by atoms with Crippen LogP contribution in [0.2, 0.25) is 0 Å². The largest absolute Gasteiger partial charge is 0.469 e. The van der Waals surface area contributed by atoms with Crippen molar-refractivity contribution in [3.8, 4) is 11.5 Å². The van der Waals surface area contributed by atoms with E-state index in [0.717, 1.165) is 0 Å². The van der Waals surface area contributed by atoms with E-state index in [2.05, 4.69) is 9.72 Å². The molecule has 9 nitrogen and oxygen atoms in total. The summed E-state index contributed by atoms with van der Waals surface area (Å²) in [6.07, 6.45) is 0.0793. The third-order valence-corrected chi connectivity index (χ3v) is 3.30. The number of methoxy groups -OCH3 is 2. The Kier molecular flexibility index (Phi) is 5.61. The Balaban J connectivity index is 2.30. The van der Waals surface area contributed by atoms with E-state index in [4.69, 9.17) is 9.15 Å². The molecule has 0 spiro atoms. The van der Waals surface area contributed by atoms with Gasteiger partial charge in [-0.1, -0.05) is 6.07 Å². The van der Waals surface area contributed by atoms with E-state index in [-0.39, 0.29) is 24.4 Å². The second-order valence-electron chi connectivity index (χ2n) is 4.89. The van der Waals surface area contributed by atoms with Crippen molar-refractivity contribution in [1.29, 1.82) is 0 Å². The van der Waals surface area contributed by atoms with Crippen molar-refractivity contribution < 1.29 is 28.7 Å². The van der Waals surface area contributed by atoms with Crippen molar-refractivity contribution in [2.24, 2.45) is 0 Å². The van der Waals surface area contributed by atoms with Crippen LogP contribution in [-0.4, -0.2) is 41.5 Å². The summed E-state index contributed by atoms with van der Waals surface area (Å²) in [4.78, 5) is 26.0. The lowest BCUT2D eigenvalue weighted by atomic mass is 10.1. The molecule has 2 aromatic rings. The number of ether oxygens (including phenoxy) is 2. The van der Waals surface area contributed by atoms with Crippen molar-refractivity contribution in [3.05, 3.63) is 45.8 Å². The molecule has 2 rings (SSSR count). The molecule has 0 aliphatic carbocycles. The highest BCUT2D eigenvalue weighted by Gasteiger charge is 2.20. The molecule has 0 saturated carbocycles. The molecule has 0 saturated heterocycles. The van der Waals surface area contributed by atoms with Crippen LogP contribution in [0.5, 0.6) is 0 Å². The number of esters is 1. The fraction of sp³-hybridized carbons (Fsp3) is 0.333. The van der Waals surface area contributed by atoms with Crippen LogP contribution in [0, 0.1) is 10.1 Å². The Morgan fingerprint density at radius 3 is 2.83 bits per heavy atom. The van der Waals surface area contributed by atoms with E-state index in [1.54, 1.807) is 6.07 Å². The standard InChI is InChI=1S/C15H16N2O7/c1-22-13(18)6-9-3-4-10(5-12(9)17(20)21)15-16-11(8-24-15)7-14(19)23-2/h3-5,8,13,18H,6-7H2,1-2H3. The summed E-state index contributed by atoms with van der Waals surface area (Å²) in [5.41, 5.74) is 0.877. The summed E-state index contributed by atoms with van der Waals surface area (Å²) in [7, 11) is 2.57. The van der Waals surface area contributed by atoms with Crippen LogP contribution < -0.4 is 0 Å². The molecule has 0 fully saturated rings. The second-order valence-corrected chi connectivity index (χ2v) is 4.89. The molecular weight excluding hydrogens is 320 g/mol. The van der Waals surface area contributed by atoms with Crippen molar-refractivity contribution >= 4 is 11.7 Å². The molecule has 0 aliphatic heterocycles. The fourth-order valence-corrected chi connectivity index (χ4v) is 2.05. The van der Waals surface area contributed by atoms with Gasteiger partial charge in [0.1, 0.15) is 6.26 Å². The zero-order chi connectivity index (χ0) is 17.7. The van der Waals surface area contributed by atoms with Crippen LogP contribution >= 0.6 is 0 Å². The normalized spacial score (nSPS) is 12.0. The van der Waals surface area contributed by atoms with Gasteiger partial charge in [-0.05, 0) is 6.07 Å². The van der Waals surface area contributed by atoms with Gasteiger partial charge in [-0.15, -0.1) is 0 Å². The number of aromatic nitrogens is 1. The molecule has 24 heavy (non-hydrogen) atoms. The maximum Gasteiger partial charge on any atom is 0.311 e. The molecule has 1 atom stereocenters. The molecule has 1 unspecified atom stereocenters. The van der Waals surface area contributed by atoms with E-state index >= 15 is 0 Å². The maximum atomic E-state index is 11.2. The third-order valence-electron chi connectivity index (χ3n) is 3.30. The summed E-state index contributed by atoms with van der Waals surface area (Å²) in [6, 6.07) is 4.38. The van der Waals surface area contributed by atoms with Gasteiger partial charge in [0.15, 0.2) is 6.29 Å². The minimum absolute atomic E-state index is 0.0216. The molecule has 128 valence electrons. The van der Waals surface area contributed by atoms with Gasteiger partial charge in [-0.25, -0.2) is 4.98 Å². The predicted octanol–water partition coefficient (Wildman–Crippen LogP) is 1.47. The summed E-state index contributed by atoms with van der Waals surface area (Å²) in [5, 5.41) is 20.7. The molecular formula is C15H16N2O7. The van der Waals surface area contributed by atoms with Gasteiger partial charge in [0.2, 0.25) is 5.89 Å². The number of hydrogen-bond acceptors (Lipinski definition) is 8. The molecule has 1 heterocycles. The van der Waals surface area contributed by atoms with E-state index in [1.165, 1.54) is 32.6 Å². The number of carbonyl (C=O) groups is 1. The van der Waals surface area contributed by atoms with Crippen LogP contribution in [0.3, 0.4) is 0 Å². The van der Waals surface area contributed by atoms with E-state index < -0.39 is 17.2 Å². The lowest BCUT2D eigenvalue weighted by molar-refractivity contribution is -0.385. The van der Waals surface area contributed by atoms with E-state index in [0.29, 0.717) is 16.8 Å². The molecule has 9 heteroatoms. The smallest absolute Gasteiger partial charge is 0.311 e. The third kappa shape index (κ3) is 4.15. The van der Waals surface area contributed by atoms with Gasteiger partial charge in [0.05, 0.1) is 24.1 Å². The van der Waals surface area contributed by atoms with E-state index in [1.807, 2.05) is 0 Å². The van der Waals surface area contributed by atoms with Crippen LogP contribution in [0.15, 0.2) is 28.9 Å². The first-order valence-corrected chi connectivity index (χ1v) is 6.94. The molecule has 0 bridgehead atoms. The number of oxazole rings is 1. The number of aliphatic hydroxyl groups excluding tert-OH is 1. The minimum atomic E-state index is -1.14. The highest BCUT2D eigenvalue weighted by Crippen LogP contribution is 2.28. The average molecular weight is 336 g/mol. The van der Waals surface area contributed by atoms with Gasteiger partial charge < -0.3 is 19.0 Å². The summed E-state index contributed by atoms with van der Waals surface area (Å²) in [6.45, 7) is 0. The lowest BCUT2D eigenvalue weighted by Crippen LogP contribution is -2.13. The van der Waals surface area contributed by atoms with Gasteiger partial charge >= 0.3 is 5.97 Å². The number of carbonyl (C=O) groups excluding carboxylic acids is 1. The minimum Gasteiger partial charge on any atom is -0.469 e. The Bertz CT molecular complexity index is 741.